The van der Waals surface area contributed by atoms with Crippen molar-refractivity contribution in [1.29, 1.82) is 0 Å². The Morgan fingerprint density at radius 2 is 2.20 bits per heavy atom. The van der Waals surface area contributed by atoms with Crippen LogP contribution in [0.4, 0.5) is 5.69 Å². The first-order valence-corrected chi connectivity index (χ1v) is 5.45. The molecule has 84 valence electrons. The Kier molecular flexibility index (Phi) is 4.98. The standard InChI is InChI=1S/C12H20N2O/c1-3-15-11-5-6-12(10(2)9-11)14-8-4-7-13/h5-6,9,14H,3-4,7-8,13H2,1-2H3. The molecule has 0 bridgehead atoms. The van der Waals surface area contributed by atoms with Crippen molar-refractivity contribution in [2.45, 2.75) is 20.3 Å². The van der Waals surface area contributed by atoms with Gasteiger partial charge in [0.2, 0.25) is 0 Å². The van der Waals surface area contributed by atoms with Gasteiger partial charge in [-0.3, -0.25) is 0 Å². The third kappa shape index (κ3) is 3.80. The van der Waals surface area contributed by atoms with Gasteiger partial charge in [0.1, 0.15) is 5.75 Å². The van der Waals surface area contributed by atoms with Gasteiger partial charge in [0.15, 0.2) is 0 Å². The molecular weight excluding hydrogens is 188 g/mol. The average Bonchev–Trinajstić information content (AvgIpc) is 2.22. The van der Waals surface area contributed by atoms with Gasteiger partial charge in [-0.25, -0.2) is 0 Å². The summed E-state index contributed by atoms with van der Waals surface area (Å²) in [5.74, 6) is 0.930. The van der Waals surface area contributed by atoms with Crippen LogP contribution in [0.2, 0.25) is 0 Å². The number of hydrogen-bond donors (Lipinski definition) is 2. The van der Waals surface area contributed by atoms with Crippen LogP contribution in [-0.4, -0.2) is 19.7 Å². The van der Waals surface area contributed by atoms with Gasteiger partial charge in [-0.15, -0.1) is 0 Å². The molecule has 1 aromatic rings. The van der Waals surface area contributed by atoms with Gasteiger partial charge in [-0.1, -0.05) is 0 Å². The largest absolute Gasteiger partial charge is 0.494 e. The Balaban J connectivity index is 2.58. The van der Waals surface area contributed by atoms with Gasteiger partial charge in [0, 0.05) is 12.2 Å². The van der Waals surface area contributed by atoms with E-state index < -0.39 is 0 Å². The van der Waals surface area contributed by atoms with E-state index in [1.807, 2.05) is 19.1 Å². The normalized spacial score (nSPS) is 10.1. The molecule has 0 atom stereocenters. The van der Waals surface area contributed by atoms with Gasteiger partial charge in [-0.2, -0.15) is 0 Å². The highest BCUT2D eigenvalue weighted by molar-refractivity contribution is 5.53. The zero-order valence-corrected chi connectivity index (χ0v) is 9.55. The van der Waals surface area contributed by atoms with Crippen LogP contribution in [0.25, 0.3) is 0 Å². The summed E-state index contributed by atoms with van der Waals surface area (Å²) in [4.78, 5) is 0. The lowest BCUT2D eigenvalue weighted by Gasteiger charge is -2.10. The molecule has 0 aliphatic carbocycles. The fourth-order valence-corrected chi connectivity index (χ4v) is 1.42. The average molecular weight is 208 g/mol. The highest BCUT2D eigenvalue weighted by Crippen LogP contribution is 2.21. The molecule has 0 unspecified atom stereocenters. The summed E-state index contributed by atoms with van der Waals surface area (Å²) in [7, 11) is 0. The van der Waals surface area contributed by atoms with Gasteiger partial charge in [-0.05, 0) is 50.6 Å². The van der Waals surface area contributed by atoms with E-state index in [9.17, 15) is 0 Å². The van der Waals surface area contributed by atoms with Crippen LogP contribution in [-0.2, 0) is 0 Å². The summed E-state index contributed by atoms with van der Waals surface area (Å²) in [5, 5.41) is 3.35. The Labute approximate surface area is 91.6 Å². The zero-order chi connectivity index (χ0) is 11.1. The van der Waals surface area contributed by atoms with Crippen molar-refractivity contribution in [3.05, 3.63) is 23.8 Å². The lowest BCUT2D eigenvalue weighted by atomic mass is 10.2. The Morgan fingerprint density at radius 1 is 1.40 bits per heavy atom. The van der Waals surface area contributed by atoms with Crippen LogP contribution < -0.4 is 15.8 Å². The number of anilines is 1. The maximum Gasteiger partial charge on any atom is 0.119 e. The van der Waals surface area contributed by atoms with E-state index in [1.54, 1.807) is 0 Å². The highest BCUT2D eigenvalue weighted by Gasteiger charge is 1.99. The van der Waals surface area contributed by atoms with E-state index in [-0.39, 0.29) is 0 Å². The first-order valence-electron chi connectivity index (χ1n) is 5.45. The molecule has 3 heteroatoms. The van der Waals surface area contributed by atoms with Crippen LogP contribution in [0, 0.1) is 6.92 Å². The first kappa shape index (κ1) is 11.9. The van der Waals surface area contributed by atoms with Crippen molar-refractivity contribution in [3.8, 4) is 5.75 Å². The van der Waals surface area contributed by atoms with Crippen molar-refractivity contribution in [2.24, 2.45) is 5.73 Å². The highest BCUT2D eigenvalue weighted by atomic mass is 16.5. The van der Waals surface area contributed by atoms with E-state index in [4.69, 9.17) is 10.5 Å². The molecule has 0 fully saturated rings. The van der Waals surface area contributed by atoms with Crippen LogP contribution in [0.5, 0.6) is 5.75 Å². The topological polar surface area (TPSA) is 47.3 Å². The first-order chi connectivity index (χ1) is 7.27. The molecule has 3 nitrogen and oxygen atoms in total. The summed E-state index contributed by atoms with van der Waals surface area (Å²) < 4.78 is 5.42. The van der Waals surface area contributed by atoms with Crippen LogP contribution >= 0.6 is 0 Å². The minimum Gasteiger partial charge on any atom is -0.494 e. The number of nitrogens with one attached hydrogen (secondary N) is 1. The van der Waals surface area contributed by atoms with Crippen LogP contribution in [0.3, 0.4) is 0 Å². The predicted octanol–water partition coefficient (Wildman–Crippen LogP) is 2.15. The van der Waals surface area contributed by atoms with Crippen molar-refractivity contribution in [2.75, 3.05) is 25.0 Å². The second-order valence-corrected chi connectivity index (χ2v) is 3.48. The monoisotopic (exact) mass is 208 g/mol. The Hall–Kier alpha value is -1.22. The smallest absolute Gasteiger partial charge is 0.119 e. The molecule has 0 aliphatic heterocycles. The molecule has 0 amide bonds. The van der Waals surface area contributed by atoms with Gasteiger partial charge >= 0.3 is 0 Å². The third-order valence-electron chi connectivity index (χ3n) is 2.21. The minimum atomic E-state index is 0.708. The summed E-state index contributed by atoms with van der Waals surface area (Å²) in [6.45, 7) is 6.42. The second-order valence-electron chi connectivity index (χ2n) is 3.48. The van der Waals surface area contributed by atoms with Crippen molar-refractivity contribution in [1.82, 2.24) is 0 Å². The number of nitrogens with two attached hydrogens (primary N) is 1. The van der Waals surface area contributed by atoms with E-state index in [1.165, 1.54) is 5.56 Å². The predicted molar refractivity (Wildman–Crippen MR) is 64.5 cm³/mol. The maximum absolute atomic E-state index is 5.43. The molecule has 3 N–H and O–H groups in total. The van der Waals surface area contributed by atoms with E-state index in [0.29, 0.717) is 6.61 Å². The van der Waals surface area contributed by atoms with Crippen molar-refractivity contribution in [3.63, 3.8) is 0 Å². The number of rotatable bonds is 6. The number of aryl methyl sites for hydroxylation is 1. The van der Waals surface area contributed by atoms with E-state index in [0.717, 1.165) is 30.9 Å². The van der Waals surface area contributed by atoms with Gasteiger partial charge in [0.05, 0.1) is 6.61 Å². The van der Waals surface area contributed by atoms with E-state index >= 15 is 0 Å². The molecular formula is C12H20N2O. The quantitative estimate of drug-likeness (QED) is 0.704. The Bertz CT molecular complexity index is 300. The maximum atomic E-state index is 5.43. The lowest BCUT2D eigenvalue weighted by Crippen LogP contribution is -2.09. The van der Waals surface area contributed by atoms with Crippen molar-refractivity contribution < 1.29 is 4.74 Å². The number of hydrogen-bond acceptors (Lipinski definition) is 3. The zero-order valence-electron chi connectivity index (χ0n) is 9.55. The van der Waals surface area contributed by atoms with Crippen molar-refractivity contribution >= 4 is 5.69 Å². The Morgan fingerprint density at radius 3 is 2.80 bits per heavy atom. The van der Waals surface area contributed by atoms with E-state index in [2.05, 4.69) is 18.3 Å². The molecule has 0 aromatic heterocycles. The molecule has 0 heterocycles. The molecule has 1 aromatic carbocycles. The molecule has 0 spiro atoms. The molecule has 0 saturated carbocycles. The fourth-order valence-electron chi connectivity index (χ4n) is 1.42. The molecule has 0 radical (unpaired) electrons. The summed E-state index contributed by atoms with van der Waals surface area (Å²) >= 11 is 0. The number of benzene rings is 1. The molecule has 15 heavy (non-hydrogen) atoms. The lowest BCUT2D eigenvalue weighted by molar-refractivity contribution is 0.340. The SMILES string of the molecule is CCOc1ccc(NCCCN)c(C)c1. The molecule has 0 aliphatic rings. The van der Waals surface area contributed by atoms with Crippen LogP contribution in [0.15, 0.2) is 18.2 Å². The summed E-state index contributed by atoms with van der Waals surface area (Å²) in [6.07, 6.45) is 0.993. The molecule has 0 saturated heterocycles. The fraction of sp³-hybridized carbons (Fsp3) is 0.500. The minimum absolute atomic E-state index is 0.708. The van der Waals surface area contributed by atoms with Gasteiger partial charge < -0.3 is 15.8 Å². The third-order valence-corrected chi connectivity index (χ3v) is 2.21. The van der Waals surface area contributed by atoms with Crippen LogP contribution in [0.1, 0.15) is 18.9 Å². The summed E-state index contributed by atoms with van der Waals surface area (Å²) in [6, 6.07) is 6.09. The van der Waals surface area contributed by atoms with Gasteiger partial charge in [0.25, 0.3) is 0 Å². The number of ether oxygens (including phenoxy) is 1. The summed E-state index contributed by atoms with van der Waals surface area (Å²) in [5.41, 5.74) is 7.80. The second kappa shape index (κ2) is 6.30. The molecule has 1 rings (SSSR count).